The van der Waals surface area contributed by atoms with Crippen LogP contribution in [0.3, 0.4) is 0 Å². The van der Waals surface area contributed by atoms with Crippen molar-refractivity contribution < 1.29 is 29.4 Å². The monoisotopic (exact) mass is 412 g/mol. The first-order chi connectivity index (χ1) is 14.4. The smallest absolute Gasteiger partial charge is 0.355 e. The molecule has 0 saturated heterocycles. The second-order valence-electron chi connectivity index (χ2n) is 6.43. The number of aromatic nitrogens is 1. The van der Waals surface area contributed by atoms with Crippen molar-refractivity contribution in [2.75, 3.05) is 14.2 Å². The summed E-state index contributed by atoms with van der Waals surface area (Å²) in [5.41, 5.74) is 1.62. The molecule has 3 N–H and O–H groups in total. The number of hydrogen-bond acceptors (Lipinski definition) is 7. The van der Waals surface area contributed by atoms with Crippen LogP contribution in [0.4, 0.5) is 5.69 Å². The number of esters is 1. The van der Waals surface area contributed by atoms with E-state index in [-0.39, 0.29) is 35.9 Å². The second-order valence-corrected chi connectivity index (χ2v) is 6.43. The predicted molar refractivity (Wildman–Crippen MR) is 108 cm³/mol. The molecule has 1 aromatic heterocycles. The third-order valence-corrected chi connectivity index (χ3v) is 4.64. The van der Waals surface area contributed by atoms with Gasteiger partial charge in [0.15, 0.2) is 0 Å². The third-order valence-electron chi connectivity index (χ3n) is 4.64. The normalized spacial score (nSPS) is 10.7. The van der Waals surface area contributed by atoms with Crippen LogP contribution < -0.4 is 4.74 Å². The highest BCUT2D eigenvalue weighted by molar-refractivity contribution is 6.02. The van der Waals surface area contributed by atoms with Gasteiger partial charge in [-0.1, -0.05) is 24.3 Å². The molecule has 0 spiro atoms. The Kier molecular flexibility index (Phi) is 6.14. The molecule has 3 rings (SSSR count). The predicted octanol–water partition coefficient (Wildman–Crippen LogP) is 3.04. The van der Waals surface area contributed by atoms with E-state index in [1.54, 1.807) is 42.5 Å². The molecule has 2 aromatic carbocycles. The Balaban J connectivity index is 2.34. The van der Waals surface area contributed by atoms with Gasteiger partial charge in [0.25, 0.3) is 0 Å². The maximum absolute atomic E-state index is 12.4. The SMILES string of the molecule is COC(=O)c1[nH]c(-c2ccc(CO)cc2)c([N+](=O)[O-])c1-c1cc(CO)cc(OC)c1. The van der Waals surface area contributed by atoms with Crippen molar-refractivity contribution in [1.82, 2.24) is 4.98 Å². The van der Waals surface area contributed by atoms with Crippen molar-refractivity contribution in [3.05, 3.63) is 69.4 Å². The van der Waals surface area contributed by atoms with Crippen LogP contribution >= 0.6 is 0 Å². The summed E-state index contributed by atoms with van der Waals surface area (Å²) < 4.78 is 10.1. The van der Waals surface area contributed by atoms with Gasteiger partial charge in [0.05, 0.1) is 37.9 Å². The van der Waals surface area contributed by atoms with E-state index in [1.165, 1.54) is 14.2 Å². The molecule has 1 heterocycles. The van der Waals surface area contributed by atoms with Gasteiger partial charge in [-0.25, -0.2) is 4.79 Å². The Hall–Kier alpha value is -3.69. The van der Waals surface area contributed by atoms with E-state index in [0.29, 0.717) is 28.0 Å². The average Bonchev–Trinajstić information content (AvgIpc) is 3.19. The maximum Gasteiger partial charge on any atom is 0.355 e. The summed E-state index contributed by atoms with van der Waals surface area (Å²) in [4.78, 5) is 26.8. The first kappa shape index (κ1) is 21.0. The first-order valence-electron chi connectivity index (χ1n) is 8.91. The number of aromatic amines is 1. The van der Waals surface area contributed by atoms with E-state index in [2.05, 4.69) is 4.98 Å². The van der Waals surface area contributed by atoms with Gasteiger partial charge in [-0.15, -0.1) is 0 Å². The number of carbonyl (C=O) groups is 1. The number of methoxy groups -OCH3 is 2. The van der Waals surface area contributed by atoms with Crippen molar-refractivity contribution >= 4 is 11.7 Å². The van der Waals surface area contributed by atoms with E-state index in [4.69, 9.17) is 9.47 Å². The summed E-state index contributed by atoms with van der Waals surface area (Å²) in [6.07, 6.45) is 0. The highest BCUT2D eigenvalue weighted by Gasteiger charge is 2.32. The second kappa shape index (κ2) is 8.76. The molecule has 0 bridgehead atoms. The summed E-state index contributed by atoms with van der Waals surface area (Å²) in [5, 5.41) is 30.8. The molecule has 0 saturated carbocycles. The van der Waals surface area contributed by atoms with E-state index < -0.39 is 10.9 Å². The fraction of sp³-hybridized carbons (Fsp3) is 0.190. The van der Waals surface area contributed by atoms with Crippen molar-refractivity contribution in [1.29, 1.82) is 0 Å². The van der Waals surface area contributed by atoms with E-state index in [9.17, 15) is 25.1 Å². The maximum atomic E-state index is 12.4. The van der Waals surface area contributed by atoms with Gasteiger partial charge in [-0.05, 0) is 34.9 Å². The minimum absolute atomic E-state index is 0.0293. The molecule has 0 unspecified atom stereocenters. The Morgan fingerprint density at radius 2 is 1.70 bits per heavy atom. The molecule has 0 fully saturated rings. The van der Waals surface area contributed by atoms with Crippen LogP contribution in [0.1, 0.15) is 21.6 Å². The molecule has 0 aliphatic carbocycles. The zero-order valence-corrected chi connectivity index (χ0v) is 16.3. The number of H-pyrrole nitrogens is 1. The third kappa shape index (κ3) is 3.88. The Morgan fingerprint density at radius 3 is 2.23 bits per heavy atom. The molecular weight excluding hydrogens is 392 g/mol. The van der Waals surface area contributed by atoms with Crippen LogP contribution in [0.25, 0.3) is 22.4 Å². The Morgan fingerprint density at radius 1 is 1.03 bits per heavy atom. The zero-order valence-electron chi connectivity index (χ0n) is 16.3. The molecule has 30 heavy (non-hydrogen) atoms. The summed E-state index contributed by atoms with van der Waals surface area (Å²) in [7, 11) is 2.61. The highest BCUT2D eigenvalue weighted by atomic mass is 16.6. The van der Waals surface area contributed by atoms with Gasteiger partial charge in [0.2, 0.25) is 0 Å². The lowest BCUT2D eigenvalue weighted by Gasteiger charge is -2.08. The standard InChI is InChI=1S/C21H20N2O7/c1-29-16-8-13(11-25)7-15(9-16)17-19(21(26)30-2)22-18(20(17)23(27)28)14-5-3-12(10-24)4-6-14/h3-9,22,24-25H,10-11H2,1-2H3. The number of aliphatic hydroxyl groups is 2. The lowest BCUT2D eigenvalue weighted by molar-refractivity contribution is -0.383. The van der Waals surface area contributed by atoms with Gasteiger partial charge in [-0.3, -0.25) is 10.1 Å². The van der Waals surface area contributed by atoms with E-state index >= 15 is 0 Å². The number of hydrogen-bond donors (Lipinski definition) is 3. The molecular formula is C21H20N2O7. The zero-order chi connectivity index (χ0) is 21.8. The number of carbonyl (C=O) groups excluding carboxylic acids is 1. The largest absolute Gasteiger partial charge is 0.497 e. The molecule has 0 radical (unpaired) electrons. The lowest BCUT2D eigenvalue weighted by atomic mass is 9.99. The minimum Gasteiger partial charge on any atom is -0.497 e. The fourth-order valence-corrected chi connectivity index (χ4v) is 3.21. The van der Waals surface area contributed by atoms with Crippen LogP contribution in [0.15, 0.2) is 42.5 Å². The minimum atomic E-state index is -0.778. The van der Waals surface area contributed by atoms with Crippen molar-refractivity contribution in [2.45, 2.75) is 13.2 Å². The Labute approximate surface area is 171 Å². The lowest BCUT2D eigenvalue weighted by Crippen LogP contribution is -2.04. The van der Waals surface area contributed by atoms with Gasteiger partial charge < -0.3 is 24.7 Å². The van der Waals surface area contributed by atoms with Crippen LogP contribution in [0.2, 0.25) is 0 Å². The molecule has 0 aliphatic rings. The van der Waals surface area contributed by atoms with Crippen LogP contribution in [0, 0.1) is 10.1 Å². The number of aliphatic hydroxyl groups excluding tert-OH is 2. The van der Waals surface area contributed by atoms with Gasteiger partial charge in [-0.2, -0.15) is 0 Å². The van der Waals surface area contributed by atoms with E-state index in [1.807, 2.05) is 0 Å². The summed E-state index contributed by atoms with van der Waals surface area (Å²) in [6, 6.07) is 11.2. The van der Waals surface area contributed by atoms with Crippen LogP contribution in [0.5, 0.6) is 5.75 Å². The number of nitrogens with one attached hydrogen (secondary N) is 1. The van der Waals surface area contributed by atoms with Gasteiger partial charge >= 0.3 is 11.7 Å². The molecule has 0 aliphatic heterocycles. The molecule has 9 heteroatoms. The average molecular weight is 412 g/mol. The van der Waals surface area contributed by atoms with Crippen molar-refractivity contribution in [3.8, 4) is 28.1 Å². The Bertz CT molecular complexity index is 1070. The number of benzene rings is 2. The van der Waals surface area contributed by atoms with Crippen molar-refractivity contribution in [3.63, 3.8) is 0 Å². The van der Waals surface area contributed by atoms with E-state index in [0.717, 1.165) is 0 Å². The topological polar surface area (TPSA) is 135 Å². The fourth-order valence-electron chi connectivity index (χ4n) is 3.21. The molecule has 156 valence electrons. The number of rotatable bonds is 7. The first-order valence-corrected chi connectivity index (χ1v) is 8.91. The quantitative estimate of drug-likeness (QED) is 0.308. The summed E-state index contributed by atoms with van der Waals surface area (Å²) in [5.74, 6) is -0.406. The molecule has 3 aromatic rings. The number of nitro groups is 1. The molecule has 0 atom stereocenters. The molecule has 9 nitrogen and oxygen atoms in total. The summed E-state index contributed by atoms with van der Waals surface area (Å²) in [6.45, 7) is -0.481. The molecule has 0 amide bonds. The number of ether oxygens (including phenoxy) is 2. The van der Waals surface area contributed by atoms with Crippen LogP contribution in [-0.2, 0) is 18.0 Å². The highest BCUT2D eigenvalue weighted by Crippen LogP contribution is 2.43. The van der Waals surface area contributed by atoms with Gasteiger partial charge in [0, 0.05) is 5.56 Å². The number of nitrogens with zero attached hydrogens (tertiary/aromatic N) is 1. The van der Waals surface area contributed by atoms with Crippen molar-refractivity contribution in [2.24, 2.45) is 0 Å². The summed E-state index contributed by atoms with van der Waals surface area (Å²) >= 11 is 0. The van der Waals surface area contributed by atoms with Gasteiger partial charge in [0.1, 0.15) is 17.1 Å². The van der Waals surface area contributed by atoms with Crippen LogP contribution in [-0.4, -0.2) is 40.3 Å².